The third-order valence-electron chi connectivity index (χ3n) is 11.8. The Morgan fingerprint density at radius 3 is 1.45 bits per heavy atom. The summed E-state index contributed by atoms with van der Waals surface area (Å²) in [5, 5.41) is 2.66. The molecule has 8 aromatic rings. The van der Waals surface area contributed by atoms with Gasteiger partial charge in [0.25, 0.3) is 0 Å². The molecular weight excluding hydrogens is 808 g/mol. The Balaban J connectivity index is 0.000000636. The molecule has 0 aliphatic heterocycles. The zero-order valence-corrected chi connectivity index (χ0v) is 39.2. The van der Waals surface area contributed by atoms with Crippen molar-refractivity contribution in [1.82, 2.24) is 0 Å². The van der Waals surface area contributed by atoms with Gasteiger partial charge in [-0.15, -0.1) is 47.1 Å². The Labute approximate surface area is 346 Å². The van der Waals surface area contributed by atoms with Crippen LogP contribution in [-0.2, 0) is 10.8 Å². The fourth-order valence-electron chi connectivity index (χ4n) is 9.02. The van der Waals surface area contributed by atoms with Gasteiger partial charge in [-0.1, -0.05) is 149 Å². The zero-order chi connectivity index (χ0) is 38.9. The predicted octanol–water partition coefficient (Wildman–Crippen LogP) is 16.8. The number of fused-ring (bicyclic) bond motifs is 9. The van der Waals surface area contributed by atoms with Crippen molar-refractivity contribution in [3.63, 3.8) is 0 Å². The first-order valence-electron chi connectivity index (χ1n) is 18.8. The monoisotopic (exact) mass is 853 g/mol. The summed E-state index contributed by atoms with van der Waals surface area (Å²) in [5.41, 5.74) is 16.8. The Hall–Kier alpha value is -2.86. The van der Waals surface area contributed by atoms with Gasteiger partial charge >= 0.3 is 0 Å². The highest BCUT2D eigenvalue weighted by Gasteiger charge is 2.40. The van der Waals surface area contributed by atoms with E-state index >= 15 is 0 Å². The van der Waals surface area contributed by atoms with E-state index in [9.17, 15) is 0 Å². The zero-order valence-electron chi connectivity index (χ0n) is 32.0. The SMILES string of the molecule is CC1(C)c2ccccc2-c2c(N(c3ccc(-c4cccc5c4sc4ccccc45)cc3)c3cccc4c3-c3ccccc3C4(C)C)cccc21.PP(P)P(P)P. The van der Waals surface area contributed by atoms with E-state index < -0.39 is 0 Å². The van der Waals surface area contributed by atoms with Gasteiger partial charge in [-0.25, -0.2) is 0 Å². The topological polar surface area (TPSA) is 3.24 Å². The van der Waals surface area contributed by atoms with Gasteiger partial charge < -0.3 is 4.90 Å². The molecule has 4 atom stereocenters. The van der Waals surface area contributed by atoms with Crippen molar-refractivity contribution in [2.45, 2.75) is 38.5 Å². The van der Waals surface area contributed by atoms with E-state index in [4.69, 9.17) is 0 Å². The summed E-state index contributed by atoms with van der Waals surface area (Å²) in [6.45, 7) is 9.81. The Morgan fingerprint density at radius 2 is 0.893 bits per heavy atom. The predicted molar refractivity (Wildman–Crippen MR) is 267 cm³/mol. The number of nitrogens with zero attached hydrogens (tertiary/aromatic N) is 1. The van der Waals surface area contributed by atoms with Crippen LogP contribution in [-0.4, -0.2) is 0 Å². The maximum absolute atomic E-state index is 2.79. The molecule has 1 heterocycles. The number of thiophene rings is 1. The van der Waals surface area contributed by atoms with Crippen LogP contribution in [0.25, 0.3) is 53.6 Å². The maximum atomic E-state index is 2.79. The summed E-state index contributed by atoms with van der Waals surface area (Å²) in [6.07, 6.45) is 0. The number of rotatable bonds is 5. The first kappa shape index (κ1) is 38.6. The van der Waals surface area contributed by atoms with Crippen molar-refractivity contribution in [2.75, 3.05) is 4.90 Å². The summed E-state index contributed by atoms with van der Waals surface area (Å²) in [7, 11) is 11.2. The van der Waals surface area contributed by atoms with Crippen LogP contribution in [0.3, 0.4) is 0 Å². The fourth-order valence-corrected chi connectivity index (χ4v) is 10.3. The van der Waals surface area contributed by atoms with Crippen LogP contribution in [0.4, 0.5) is 17.1 Å². The molecule has 0 amide bonds. The highest BCUT2D eigenvalue weighted by atomic mass is 33.0. The summed E-state index contributed by atoms with van der Waals surface area (Å²) in [5.74, 6) is 0. The lowest BCUT2D eigenvalue weighted by Crippen LogP contribution is -2.17. The standard InChI is InChI=1S/C48H37NS.H8P6/c1-47(2)37-19-8-5-15-35(37)44-39(47)21-12-23-41(44)49(42-24-13-22-40-45(42)36-16-6-9-20-38(36)48(40,3)4)31-28-26-30(27-29-31)32-17-11-18-34-33-14-7-10-25-43(33)50-46(32)34;1-5(2)6(3)4/h5-29H,1-4H3;1-4H2. The van der Waals surface area contributed by atoms with E-state index in [1.807, 2.05) is 11.3 Å². The second kappa shape index (κ2) is 15.1. The van der Waals surface area contributed by atoms with Gasteiger partial charge in [-0.05, 0) is 88.8 Å². The molecule has 2 aliphatic carbocycles. The molecule has 0 bridgehead atoms. The summed E-state index contributed by atoms with van der Waals surface area (Å²) in [4.78, 5) is 2.54. The normalized spacial score (nSPS) is 14.3. The van der Waals surface area contributed by atoms with E-state index in [-0.39, 0.29) is 24.8 Å². The third-order valence-corrected chi connectivity index (χ3v) is 34.3. The van der Waals surface area contributed by atoms with E-state index in [0.29, 0.717) is 0 Å². The first-order chi connectivity index (χ1) is 27.0. The van der Waals surface area contributed by atoms with Crippen LogP contribution >= 0.6 is 61.0 Å². The van der Waals surface area contributed by atoms with Crippen molar-refractivity contribution in [2.24, 2.45) is 0 Å². The molecule has 0 N–H and O–H groups in total. The van der Waals surface area contributed by atoms with Gasteiger partial charge in [0, 0.05) is 47.8 Å². The average Bonchev–Trinajstić information content (AvgIpc) is 3.79. The van der Waals surface area contributed by atoms with E-state index in [1.54, 1.807) is 0 Å². The Kier molecular flexibility index (Phi) is 10.4. The molecule has 0 radical (unpaired) electrons. The van der Waals surface area contributed by atoms with Crippen molar-refractivity contribution in [3.8, 4) is 33.4 Å². The molecule has 4 unspecified atom stereocenters. The molecule has 8 heteroatoms. The van der Waals surface area contributed by atoms with Crippen LogP contribution in [0, 0.1) is 0 Å². The second-order valence-electron chi connectivity index (χ2n) is 15.7. The molecule has 7 aromatic carbocycles. The number of benzene rings is 7. The Morgan fingerprint density at radius 1 is 0.446 bits per heavy atom. The van der Waals surface area contributed by atoms with Crippen molar-refractivity contribution in [1.29, 1.82) is 0 Å². The molecular formula is C48H45NP6S. The number of anilines is 3. The largest absolute Gasteiger partial charge is 0.309 e. The molecule has 0 spiro atoms. The molecule has 0 fully saturated rings. The summed E-state index contributed by atoms with van der Waals surface area (Å²) >= 11 is 1.89. The van der Waals surface area contributed by atoms with Crippen LogP contribution in [0.2, 0.25) is 0 Å². The van der Waals surface area contributed by atoms with Gasteiger partial charge in [-0.3, -0.25) is 0 Å². The fraction of sp³-hybridized carbons (Fsp3) is 0.125. The van der Waals surface area contributed by atoms with Gasteiger partial charge in [-0.2, -0.15) is 0 Å². The minimum Gasteiger partial charge on any atom is -0.309 e. The van der Waals surface area contributed by atoms with Crippen LogP contribution in [0.15, 0.2) is 152 Å². The molecule has 10 rings (SSSR count). The minimum atomic E-state index is -0.0897. The highest BCUT2D eigenvalue weighted by Crippen LogP contribution is 2.86. The van der Waals surface area contributed by atoms with E-state index in [2.05, 4.69) is 220 Å². The summed E-state index contributed by atoms with van der Waals surface area (Å²) in [6, 6.07) is 56.6. The van der Waals surface area contributed by atoms with Crippen LogP contribution in [0.5, 0.6) is 0 Å². The quantitative estimate of drug-likeness (QED) is 0.156. The minimum absolute atomic E-state index is 0.0897. The van der Waals surface area contributed by atoms with Gasteiger partial charge in [0.15, 0.2) is 0 Å². The molecule has 56 heavy (non-hydrogen) atoms. The van der Waals surface area contributed by atoms with Gasteiger partial charge in [0.1, 0.15) is 0 Å². The van der Waals surface area contributed by atoms with Gasteiger partial charge in [0.05, 0.1) is 11.4 Å². The van der Waals surface area contributed by atoms with E-state index in [0.717, 1.165) is 5.69 Å². The molecule has 278 valence electrons. The van der Waals surface area contributed by atoms with Crippen molar-refractivity contribution in [3.05, 3.63) is 174 Å². The van der Waals surface area contributed by atoms with Crippen LogP contribution in [0.1, 0.15) is 49.9 Å². The highest BCUT2D eigenvalue weighted by molar-refractivity contribution is 8.92. The molecule has 0 saturated carbocycles. The molecule has 1 aromatic heterocycles. The lowest BCUT2D eigenvalue weighted by molar-refractivity contribution is 0.660. The molecule has 1 nitrogen and oxygen atoms in total. The lowest BCUT2D eigenvalue weighted by Gasteiger charge is -2.31. The number of hydrogen-bond acceptors (Lipinski definition) is 2. The second-order valence-corrected chi connectivity index (χ2v) is 36.5. The van der Waals surface area contributed by atoms with Crippen molar-refractivity contribution < 1.29 is 0 Å². The molecule has 0 saturated heterocycles. The Bertz CT molecular complexity index is 2670. The molecule has 2 aliphatic rings. The smallest absolute Gasteiger partial charge is 0.0543 e. The lowest BCUT2D eigenvalue weighted by atomic mass is 9.82. The summed E-state index contributed by atoms with van der Waals surface area (Å²) < 4.78 is 2.68. The van der Waals surface area contributed by atoms with E-state index in [1.165, 1.54) is 87.2 Å². The maximum Gasteiger partial charge on any atom is 0.0543 e. The first-order valence-corrected chi connectivity index (χ1v) is 29.5. The third kappa shape index (κ3) is 6.36. The average molecular weight is 854 g/mol. The van der Waals surface area contributed by atoms with Gasteiger partial charge in [0.2, 0.25) is 0 Å². The van der Waals surface area contributed by atoms with Crippen molar-refractivity contribution >= 4 is 98.3 Å². The van der Waals surface area contributed by atoms with Crippen LogP contribution < -0.4 is 4.90 Å². The number of hydrogen-bond donors (Lipinski definition) is 0.